The topological polar surface area (TPSA) is 63.6 Å². The van der Waals surface area contributed by atoms with Crippen LogP contribution in [0.15, 0.2) is 35.5 Å². The third-order valence-electron chi connectivity index (χ3n) is 2.95. The van der Waals surface area contributed by atoms with Crippen LogP contribution < -0.4 is 5.56 Å². The Morgan fingerprint density at radius 3 is 2.95 bits per heavy atom. The minimum absolute atomic E-state index is 0.194. The molecule has 3 rings (SSSR count). The van der Waals surface area contributed by atoms with Gasteiger partial charge in [-0.1, -0.05) is 11.6 Å². The first kappa shape index (κ1) is 11.9. The fraction of sp³-hybridized carbons (Fsp3) is 0.154. The van der Waals surface area contributed by atoms with E-state index >= 15 is 0 Å². The summed E-state index contributed by atoms with van der Waals surface area (Å²) < 4.78 is 1.86. The van der Waals surface area contributed by atoms with Crippen molar-refractivity contribution in [2.45, 2.75) is 13.5 Å². The van der Waals surface area contributed by atoms with Crippen molar-refractivity contribution in [3.05, 3.63) is 46.1 Å². The fourth-order valence-corrected chi connectivity index (χ4v) is 2.37. The van der Waals surface area contributed by atoms with Crippen LogP contribution in [0.25, 0.3) is 22.2 Å². The molecule has 0 spiro atoms. The molecule has 0 aliphatic rings. The molecule has 19 heavy (non-hydrogen) atoms. The number of halogens is 1. The van der Waals surface area contributed by atoms with Crippen LogP contribution >= 0.6 is 11.6 Å². The summed E-state index contributed by atoms with van der Waals surface area (Å²) in [5, 5.41) is 5.84. The van der Waals surface area contributed by atoms with E-state index in [-0.39, 0.29) is 5.56 Å². The molecule has 1 N–H and O–H groups in total. The maximum Gasteiger partial charge on any atom is 0.251 e. The van der Waals surface area contributed by atoms with Gasteiger partial charge in [-0.2, -0.15) is 5.10 Å². The molecule has 0 bridgehead atoms. The molecule has 0 unspecified atom stereocenters. The van der Waals surface area contributed by atoms with Gasteiger partial charge in [0.1, 0.15) is 0 Å². The van der Waals surface area contributed by atoms with Crippen molar-refractivity contribution in [2.75, 3.05) is 0 Å². The van der Waals surface area contributed by atoms with E-state index in [1.54, 1.807) is 12.3 Å². The third kappa shape index (κ3) is 2.02. The Morgan fingerprint density at radius 1 is 1.37 bits per heavy atom. The fourth-order valence-electron chi connectivity index (χ4n) is 2.15. The highest BCUT2D eigenvalue weighted by molar-refractivity contribution is 6.31. The number of nitrogens with zero attached hydrogens (tertiary/aromatic N) is 3. The van der Waals surface area contributed by atoms with Gasteiger partial charge in [-0.15, -0.1) is 0 Å². The minimum Gasteiger partial charge on any atom is -0.313 e. The van der Waals surface area contributed by atoms with E-state index in [9.17, 15) is 4.79 Å². The molecule has 3 aromatic rings. The van der Waals surface area contributed by atoms with Crippen LogP contribution in [0.1, 0.15) is 6.92 Å². The number of hydrogen-bond donors (Lipinski definition) is 1. The third-order valence-corrected chi connectivity index (χ3v) is 3.17. The van der Waals surface area contributed by atoms with Crippen LogP contribution in [0.2, 0.25) is 5.02 Å². The second-order valence-corrected chi connectivity index (χ2v) is 4.58. The van der Waals surface area contributed by atoms with Crippen LogP contribution in [-0.2, 0) is 6.54 Å². The molecular weight excluding hydrogens is 264 g/mol. The van der Waals surface area contributed by atoms with Crippen molar-refractivity contribution in [1.82, 2.24) is 19.7 Å². The average molecular weight is 275 g/mol. The zero-order valence-corrected chi connectivity index (χ0v) is 11.0. The van der Waals surface area contributed by atoms with Gasteiger partial charge in [0.2, 0.25) is 0 Å². The zero-order chi connectivity index (χ0) is 13.4. The summed E-state index contributed by atoms with van der Waals surface area (Å²) >= 11 is 6.12. The number of nitrogens with one attached hydrogen (secondary N) is 1. The molecule has 0 fully saturated rings. The van der Waals surface area contributed by atoms with Crippen LogP contribution in [0, 0.1) is 0 Å². The number of rotatable bonds is 2. The van der Waals surface area contributed by atoms with Crippen LogP contribution in [0.5, 0.6) is 0 Å². The maximum atomic E-state index is 11.4. The molecule has 1 aromatic carbocycles. The van der Waals surface area contributed by atoms with Crippen molar-refractivity contribution in [3.63, 3.8) is 0 Å². The second kappa shape index (κ2) is 4.51. The summed E-state index contributed by atoms with van der Waals surface area (Å²) in [5.41, 5.74) is 2.14. The Balaban J connectivity index is 2.38. The normalized spacial score (nSPS) is 11.1. The van der Waals surface area contributed by atoms with E-state index < -0.39 is 0 Å². The quantitative estimate of drug-likeness (QED) is 0.781. The Kier molecular flexibility index (Phi) is 2.83. The molecule has 0 amide bonds. The first-order valence-electron chi connectivity index (χ1n) is 5.89. The SMILES string of the molecule is CCn1ncc2cc(Cl)cc(-c3cc(=O)[nH]cn3)c21. The van der Waals surface area contributed by atoms with Gasteiger partial charge in [-0.3, -0.25) is 9.48 Å². The highest BCUT2D eigenvalue weighted by Crippen LogP contribution is 2.30. The van der Waals surface area contributed by atoms with Crippen molar-refractivity contribution in [3.8, 4) is 11.3 Å². The van der Waals surface area contributed by atoms with Crippen molar-refractivity contribution in [2.24, 2.45) is 0 Å². The number of fused-ring (bicyclic) bond motifs is 1. The Morgan fingerprint density at radius 2 is 2.21 bits per heavy atom. The van der Waals surface area contributed by atoms with Crippen molar-refractivity contribution < 1.29 is 0 Å². The standard InChI is InChI=1S/C13H11ClN4O/c1-2-18-13-8(6-17-18)3-9(14)4-10(13)11-5-12(19)16-7-15-11/h3-7H,2H2,1H3,(H,15,16,19). The molecule has 0 aliphatic heterocycles. The monoisotopic (exact) mass is 274 g/mol. The van der Waals surface area contributed by atoms with E-state index in [2.05, 4.69) is 15.1 Å². The lowest BCUT2D eigenvalue weighted by Gasteiger charge is -2.06. The minimum atomic E-state index is -0.194. The van der Waals surface area contributed by atoms with Gasteiger partial charge in [0.15, 0.2) is 0 Å². The molecular formula is C13H11ClN4O. The molecule has 0 atom stereocenters. The Bertz CT molecular complexity index is 806. The molecule has 5 nitrogen and oxygen atoms in total. The maximum absolute atomic E-state index is 11.4. The number of H-pyrrole nitrogens is 1. The van der Waals surface area contributed by atoms with E-state index in [0.717, 1.165) is 23.0 Å². The number of aromatic amines is 1. The number of aromatic nitrogens is 4. The lowest BCUT2D eigenvalue weighted by molar-refractivity contribution is 0.684. The summed E-state index contributed by atoms with van der Waals surface area (Å²) in [5.74, 6) is 0. The number of hydrogen-bond acceptors (Lipinski definition) is 3. The summed E-state index contributed by atoms with van der Waals surface area (Å²) in [7, 11) is 0. The lowest BCUT2D eigenvalue weighted by atomic mass is 10.1. The van der Waals surface area contributed by atoms with Crippen molar-refractivity contribution in [1.29, 1.82) is 0 Å². The summed E-state index contributed by atoms with van der Waals surface area (Å²) in [4.78, 5) is 18.1. The molecule has 0 saturated carbocycles. The first-order valence-corrected chi connectivity index (χ1v) is 6.27. The molecule has 0 aliphatic carbocycles. The molecule has 96 valence electrons. The summed E-state index contributed by atoms with van der Waals surface area (Å²) in [6.07, 6.45) is 3.15. The van der Waals surface area contributed by atoms with Crippen LogP contribution in [0.3, 0.4) is 0 Å². The van der Waals surface area contributed by atoms with E-state index in [1.165, 1.54) is 12.4 Å². The van der Waals surface area contributed by atoms with Gasteiger partial charge in [-0.05, 0) is 19.1 Å². The Labute approximate surface area is 113 Å². The largest absolute Gasteiger partial charge is 0.313 e. The van der Waals surface area contributed by atoms with Gasteiger partial charge >= 0.3 is 0 Å². The van der Waals surface area contributed by atoms with E-state index in [4.69, 9.17) is 11.6 Å². The van der Waals surface area contributed by atoms with Crippen LogP contribution in [-0.4, -0.2) is 19.7 Å². The highest BCUT2D eigenvalue weighted by atomic mass is 35.5. The molecule has 2 heterocycles. The van der Waals surface area contributed by atoms with Crippen LogP contribution in [0.4, 0.5) is 0 Å². The van der Waals surface area contributed by atoms with Gasteiger partial charge in [0.25, 0.3) is 5.56 Å². The first-order chi connectivity index (χ1) is 9.19. The van der Waals surface area contributed by atoms with E-state index in [1.807, 2.05) is 17.7 Å². The van der Waals surface area contributed by atoms with Gasteiger partial charge in [0.05, 0.1) is 23.7 Å². The molecule has 6 heteroatoms. The number of aryl methyl sites for hydroxylation is 1. The molecule has 0 saturated heterocycles. The van der Waals surface area contributed by atoms with Crippen molar-refractivity contribution >= 4 is 22.5 Å². The Hall–Kier alpha value is -2.14. The van der Waals surface area contributed by atoms with Gasteiger partial charge in [0, 0.05) is 28.6 Å². The van der Waals surface area contributed by atoms with Gasteiger partial charge < -0.3 is 4.98 Å². The second-order valence-electron chi connectivity index (χ2n) is 4.15. The zero-order valence-electron chi connectivity index (χ0n) is 10.2. The molecule has 0 radical (unpaired) electrons. The predicted octanol–water partition coefficient (Wildman–Crippen LogP) is 2.46. The highest BCUT2D eigenvalue weighted by Gasteiger charge is 2.12. The molecule has 2 aromatic heterocycles. The van der Waals surface area contributed by atoms with Gasteiger partial charge in [-0.25, -0.2) is 4.98 Å². The smallest absolute Gasteiger partial charge is 0.251 e. The summed E-state index contributed by atoms with van der Waals surface area (Å²) in [6, 6.07) is 5.12. The van der Waals surface area contributed by atoms with E-state index in [0.29, 0.717) is 10.7 Å². The lowest BCUT2D eigenvalue weighted by Crippen LogP contribution is -2.05. The number of benzene rings is 1. The predicted molar refractivity (Wildman–Crippen MR) is 74.3 cm³/mol. The summed E-state index contributed by atoms with van der Waals surface area (Å²) in [6.45, 7) is 2.75. The average Bonchev–Trinajstić information content (AvgIpc) is 2.80.